The number of phenolic OH excluding ortho intramolecular Hbond substituents is 1. The molecule has 1 aromatic rings. The summed E-state index contributed by atoms with van der Waals surface area (Å²) in [6.07, 6.45) is 5.29. The lowest BCUT2D eigenvalue weighted by Gasteiger charge is -2.14. The molecule has 0 bridgehead atoms. The molecule has 4 heteroatoms. The van der Waals surface area contributed by atoms with Crippen LogP contribution in [-0.4, -0.2) is 17.2 Å². The second kappa shape index (κ2) is 7.67. The van der Waals surface area contributed by atoms with Crippen molar-refractivity contribution >= 4 is 11.7 Å². The van der Waals surface area contributed by atoms with Gasteiger partial charge in [-0.2, -0.15) is 0 Å². The minimum absolute atomic E-state index is 0.0996. The number of esters is 1. The SMILES string of the molecule is CCCCCCC(C)OC(=O)c1cc(N)ccc1O. The highest BCUT2D eigenvalue weighted by atomic mass is 16.5. The van der Waals surface area contributed by atoms with E-state index < -0.39 is 5.97 Å². The largest absolute Gasteiger partial charge is 0.507 e. The van der Waals surface area contributed by atoms with E-state index in [1.807, 2.05) is 6.92 Å². The third-order valence-electron chi connectivity index (χ3n) is 3.01. The van der Waals surface area contributed by atoms with Gasteiger partial charge in [-0.25, -0.2) is 4.79 Å². The average Bonchev–Trinajstić information content (AvgIpc) is 2.37. The van der Waals surface area contributed by atoms with E-state index in [1.165, 1.54) is 25.0 Å². The number of aromatic hydroxyl groups is 1. The molecule has 3 N–H and O–H groups in total. The van der Waals surface area contributed by atoms with E-state index in [2.05, 4.69) is 6.92 Å². The lowest BCUT2D eigenvalue weighted by Crippen LogP contribution is -2.15. The zero-order valence-corrected chi connectivity index (χ0v) is 11.7. The van der Waals surface area contributed by atoms with E-state index >= 15 is 0 Å². The van der Waals surface area contributed by atoms with Crippen molar-refractivity contribution in [3.63, 3.8) is 0 Å². The van der Waals surface area contributed by atoms with Crippen molar-refractivity contribution in [1.29, 1.82) is 0 Å². The molecule has 0 aliphatic rings. The number of hydrogen-bond acceptors (Lipinski definition) is 4. The maximum absolute atomic E-state index is 11.9. The number of nitrogens with two attached hydrogens (primary N) is 1. The number of rotatable bonds is 7. The van der Waals surface area contributed by atoms with Crippen LogP contribution in [0.15, 0.2) is 18.2 Å². The molecule has 0 fully saturated rings. The van der Waals surface area contributed by atoms with Crippen molar-refractivity contribution in [2.45, 2.75) is 52.1 Å². The second-order valence-corrected chi connectivity index (χ2v) is 4.84. The molecule has 0 spiro atoms. The Morgan fingerprint density at radius 1 is 1.37 bits per heavy atom. The molecule has 0 saturated carbocycles. The average molecular weight is 265 g/mol. The number of carbonyl (C=O) groups excluding carboxylic acids is 1. The summed E-state index contributed by atoms with van der Waals surface area (Å²) < 4.78 is 5.30. The molecule has 0 aromatic heterocycles. The Hall–Kier alpha value is -1.71. The van der Waals surface area contributed by atoms with E-state index in [0.29, 0.717) is 5.69 Å². The van der Waals surface area contributed by atoms with Crippen molar-refractivity contribution in [1.82, 2.24) is 0 Å². The molecule has 0 aliphatic heterocycles. The van der Waals surface area contributed by atoms with Crippen LogP contribution < -0.4 is 5.73 Å². The highest BCUT2D eigenvalue weighted by Gasteiger charge is 2.16. The standard InChI is InChI=1S/C15H23NO3/c1-3-4-5-6-7-11(2)19-15(18)13-10-12(16)8-9-14(13)17/h8-11,17H,3-7,16H2,1-2H3. The zero-order valence-electron chi connectivity index (χ0n) is 11.7. The molecule has 0 amide bonds. The molecule has 0 radical (unpaired) electrons. The third kappa shape index (κ3) is 5.20. The Morgan fingerprint density at radius 3 is 2.79 bits per heavy atom. The molecule has 1 unspecified atom stereocenters. The number of anilines is 1. The fraction of sp³-hybridized carbons (Fsp3) is 0.533. The van der Waals surface area contributed by atoms with E-state index in [9.17, 15) is 9.90 Å². The lowest BCUT2D eigenvalue weighted by molar-refractivity contribution is 0.0316. The number of carbonyl (C=O) groups is 1. The van der Waals surface area contributed by atoms with Crippen molar-refractivity contribution in [3.05, 3.63) is 23.8 Å². The fourth-order valence-electron chi connectivity index (χ4n) is 1.88. The Kier molecular flexibility index (Phi) is 6.19. The van der Waals surface area contributed by atoms with Gasteiger partial charge in [0.05, 0.1) is 6.10 Å². The van der Waals surface area contributed by atoms with Gasteiger partial charge in [0, 0.05) is 5.69 Å². The second-order valence-electron chi connectivity index (χ2n) is 4.84. The normalized spacial score (nSPS) is 12.1. The van der Waals surface area contributed by atoms with E-state index in [4.69, 9.17) is 10.5 Å². The molecule has 19 heavy (non-hydrogen) atoms. The Morgan fingerprint density at radius 2 is 2.11 bits per heavy atom. The number of hydrogen-bond donors (Lipinski definition) is 2. The summed E-state index contributed by atoms with van der Waals surface area (Å²) in [5.74, 6) is -0.620. The molecule has 0 heterocycles. The zero-order chi connectivity index (χ0) is 14.3. The van der Waals surface area contributed by atoms with Crippen LogP contribution >= 0.6 is 0 Å². The Bertz CT molecular complexity index is 418. The molecule has 1 aromatic carbocycles. The summed E-state index contributed by atoms with van der Waals surface area (Å²) in [4.78, 5) is 11.9. The first kappa shape index (κ1) is 15.3. The fourth-order valence-corrected chi connectivity index (χ4v) is 1.88. The summed E-state index contributed by atoms with van der Waals surface area (Å²) in [5.41, 5.74) is 6.15. The van der Waals surface area contributed by atoms with Crippen LogP contribution in [0.5, 0.6) is 5.75 Å². The highest BCUT2D eigenvalue weighted by molar-refractivity contribution is 5.93. The predicted molar refractivity (Wildman–Crippen MR) is 76.2 cm³/mol. The van der Waals surface area contributed by atoms with Gasteiger partial charge in [-0.15, -0.1) is 0 Å². The maximum Gasteiger partial charge on any atom is 0.342 e. The molecule has 1 atom stereocenters. The number of benzene rings is 1. The van der Waals surface area contributed by atoms with E-state index in [-0.39, 0.29) is 17.4 Å². The van der Waals surface area contributed by atoms with Gasteiger partial charge in [0.2, 0.25) is 0 Å². The molecule has 1 rings (SSSR count). The van der Waals surface area contributed by atoms with Crippen LogP contribution in [0.4, 0.5) is 5.69 Å². The molecular weight excluding hydrogens is 242 g/mol. The van der Waals surface area contributed by atoms with E-state index in [0.717, 1.165) is 19.3 Å². The topological polar surface area (TPSA) is 72.5 Å². The maximum atomic E-state index is 11.9. The molecule has 106 valence electrons. The van der Waals surface area contributed by atoms with Gasteiger partial charge in [0.1, 0.15) is 11.3 Å². The van der Waals surface area contributed by atoms with Crippen LogP contribution in [0.25, 0.3) is 0 Å². The minimum Gasteiger partial charge on any atom is -0.507 e. The minimum atomic E-state index is -0.521. The van der Waals surface area contributed by atoms with Gasteiger partial charge in [0.25, 0.3) is 0 Å². The lowest BCUT2D eigenvalue weighted by atomic mass is 10.1. The summed E-state index contributed by atoms with van der Waals surface area (Å²) in [6.45, 7) is 4.03. The molecular formula is C15H23NO3. The van der Waals surface area contributed by atoms with Crippen LogP contribution in [0.1, 0.15) is 56.3 Å². The van der Waals surface area contributed by atoms with Gasteiger partial charge in [-0.05, 0) is 38.0 Å². The molecule has 4 nitrogen and oxygen atoms in total. The predicted octanol–water partition coefficient (Wildman–Crippen LogP) is 3.49. The Balaban J connectivity index is 2.47. The van der Waals surface area contributed by atoms with Crippen LogP contribution in [0.2, 0.25) is 0 Å². The van der Waals surface area contributed by atoms with Crippen LogP contribution in [0.3, 0.4) is 0 Å². The number of phenols is 1. The number of ether oxygens (including phenoxy) is 1. The quantitative estimate of drug-likeness (QED) is 0.342. The molecule has 0 saturated heterocycles. The summed E-state index contributed by atoms with van der Waals surface area (Å²) in [7, 11) is 0. The van der Waals surface area contributed by atoms with Gasteiger partial charge in [-0.1, -0.05) is 26.2 Å². The summed E-state index contributed by atoms with van der Waals surface area (Å²) in [5, 5.41) is 9.61. The molecule has 0 aliphatic carbocycles. The van der Waals surface area contributed by atoms with E-state index in [1.54, 1.807) is 6.07 Å². The smallest absolute Gasteiger partial charge is 0.342 e. The van der Waals surface area contributed by atoms with Crippen molar-refractivity contribution in [2.75, 3.05) is 5.73 Å². The third-order valence-corrected chi connectivity index (χ3v) is 3.01. The monoisotopic (exact) mass is 265 g/mol. The first-order valence-corrected chi connectivity index (χ1v) is 6.84. The first-order chi connectivity index (χ1) is 9.04. The summed E-state index contributed by atoms with van der Waals surface area (Å²) in [6, 6.07) is 4.37. The van der Waals surface area contributed by atoms with Crippen LogP contribution in [0, 0.1) is 0 Å². The van der Waals surface area contributed by atoms with Gasteiger partial charge in [0.15, 0.2) is 0 Å². The first-order valence-electron chi connectivity index (χ1n) is 6.84. The Labute approximate surface area is 114 Å². The number of nitrogen functional groups attached to an aromatic ring is 1. The van der Waals surface area contributed by atoms with Gasteiger partial charge < -0.3 is 15.6 Å². The summed E-state index contributed by atoms with van der Waals surface area (Å²) >= 11 is 0. The van der Waals surface area contributed by atoms with Crippen molar-refractivity contribution in [2.24, 2.45) is 0 Å². The number of unbranched alkanes of at least 4 members (excludes halogenated alkanes) is 3. The van der Waals surface area contributed by atoms with Gasteiger partial charge >= 0.3 is 5.97 Å². The van der Waals surface area contributed by atoms with Crippen molar-refractivity contribution in [3.8, 4) is 5.75 Å². The van der Waals surface area contributed by atoms with Crippen LogP contribution in [-0.2, 0) is 4.74 Å². The van der Waals surface area contributed by atoms with Gasteiger partial charge in [-0.3, -0.25) is 0 Å². The van der Waals surface area contributed by atoms with Crippen molar-refractivity contribution < 1.29 is 14.6 Å². The highest BCUT2D eigenvalue weighted by Crippen LogP contribution is 2.21.